The second-order valence-electron chi connectivity index (χ2n) is 6.58. The van der Waals surface area contributed by atoms with Crippen LogP contribution in [0.4, 0.5) is 0 Å². The van der Waals surface area contributed by atoms with Gasteiger partial charge in [-0.25, -0.2) is 0 Å². The number of benzene rings is 1. The Morgan fingerprint density at radius 1 is 1.23 bits per heavy atom. The smallest absolute Gasteiger partial charge is 0.261 e. The second kappa shape index (κ2) is 8.58. The molecule has 1 aliphatic heterocycles. The van der Waals surface area contributed by atoms with Gasteiger partial charge in [0.1, 0.15) is 0 Å². The van der Waals surface area contributed by atoms with Gasteiger partial charge in [-0.2, -0.15) is 11.8 Å². The number of guanidine groups is 1. The minimum absolute atomic E-state index is 0.225. The van der Waals surface area contributed by atoms with Crippen LogP contribution in [0.5, 0.6) is 0 Å². The maximum absolute atomic E-state index is 12.4. The number of thioether (sulfide) groups is 1. The zero-order valence-electron chi connectivity index (χ0n) is 15.3. The fourth-order valence-electron chi connectivity index (χ4n) is 3.50. The molecule has 0 radical (unpaired) electrons. The van der Waals surface area contributed by atoms with Gasteiger partial charge in [-0.15, -0.1) is 0 Å². The monoisotopic (exact) mass is 374 g/mol. The van der Waals surface area contributed by atoms with E-state index in [0.717, 1.165) is 25.3 Å². The molecule has 6 nitrogen and oxygen atoms in total. The lowest BCUT2D eigenvalue weighted by Gasteiger charge is -2.18. The molecule has 2 amide bonds. The molecule has 1 aliphatic carbocycles. The topological polar surface area (TPSA) is 73.8 Å². The maximum Gasteiger partial charge on any atom is 0.261 e. The predicted molar refractivity (Wildman–Crippen MR) is 106 cm³/mol. The van der Waals surface area contributed by atoms with E-state index in [0.29, 0.717) is 35.5 Å². The Hall–Kier alpha value is -2.02. The van der Waals surface area contributed by atoms with Crippen LogP contribution in [0.2, 0.25) is 0 Å². The summed E-state index contributed by atoms with van der Waals surface area (Å²) in [7, 11) is 0. The van der Waals surface area contributed by atoms with Crippen LogP contribution >= 0.6 is 11.8 Å². The SMILES string of the molecule is CCNC(=NCCN1C(=O)c2ccccc2C1=O)NC1CCC(SC)C1. The van der Waals surface area contributed by atoms with E-state index in [1.165, 1.54) is 11.3 Å². The van der Waals surface area contributed by atoms with E-state index in [9.17, 15) is 9.59 Å². The van der Waals surface area contributed by atoms with Crippen molar-refractivity contribution in [3.8, 4) is 0 Å². The Balaban J connectivity index is 1.57. The number of hydrogen-bond donors (Lipinski definition) is 2. The Morgan fingerprint density at radius 2 is 1.92 bits per heavy atom. The molecule has 3 rings (SSSR count). The normalized spacial score (nSPS) is 22.7. The van der Waals surface area contributed by atoms with Crippen molar-refractivity contribution in [1.29, 1.82) is 0 Å². The molecule has 1 saturated carbocycles. The van der Waals surface area contributed by atoms with Gasteiger partial charge in [0.15, 0.2) is 5.96 Å². The van der Waals surface area contributed by atoms with E-state index in [2.05, 4.69) is 21.9 Å². The Bertz CT molecular complexity index is 672. The number of rotatable bonds is 6. The summed E-state index contributed by atoms with van der Waals surface area (Å²) < 4.78 is 0. The van der Waals surface area contributed by atoms with Crippen LogP contribution in [0.25, 0.3) is 0 Å². The van der Waals surface area contributed by atoms with Crippen LogP contribution in [0.3, 0.4) is 0 Å². The number of nitrogens with one attached hydrogen (secondary N) is 2. The van der Waals surface area contributed by atoms with Crippen molar-refractivity contribution >= 4 is 29.5 Å². The molecule has 0 bridgehead atoms. The molecule has 0 saturated heterocycles. The van der Waals surface area contributed by atoms with Crippen molar-refractivity contribution < 1.29 is 9.59 Å². The van der Waals surface area contributed by atoms with Gasteiger partial charge in [0.25, 0.3) is 11.8 Å². The van der Waals surface area contributed by atoms with Crippen LogP contribution in [-0.4, -0.2) is 59.9 Å². The zero-order valence-corrected chi connectivity index (χ0v) is 16.1. The Kier molecular flexibility index (Phi) is 6.19. The molecule has 1 aromatic rings. The van der Waals surface area contributed by atoms with Crippen molar-refractivity contribution in [2.45, 2.75) is 37.5 Å². The molecule has 26 heavy (non-hydrogen) atoms. The fraction of sp³-hybridized carbons (Fsp3) is 0.526. The molecule has 1 aromatic carbocycles. The van der Waals surface area contributed by atoms with E-state index in [1.807, 2.05) is 18.7 Å². The first kappa shape index (κ1) is 18.8. The molecule has 140 valence electrons. The number of imide groups is 1. The highest BCUT2D eigenvalue weighted by molar-refractivity contribution is 7.99. The molecule has 2 N–H and O–H groups in total. The molecule has 7 heteroatoms. The molecular formula is C19H26N4O2S. The average molecular weight is 375 g/mol. The third-order valence-electron chi connectivity index (χ3n) is 4.87. The minimum Gasteiger partial charge on any atom is -0.357 e. The highest BCUT2D eigenvalue weighted by Gasteiger charge is 2.34. The number of fused-ring (bicyclic) bond motifs is 1. The van der Waals surface area contributed by atoms with E-state index in [4.69, 9.17) is 0 Å². The van der Waals surface area contributed by atoms with Gasteiger partial charge in [0.2, 0.25) is 0 Å². The van der Waals surface area contributed by atoms with Gasteiger partial charge in [-0.3, -0.25) is 19.5 Å². The summed E-state index contributed by atoms with van der Waals surface area (Å²) in [5.41, 5.74) is 0.973. The van der Waals surface area contributed by atoms with Crippen LogP contribution in [-0.2, 0) is 0 Å². The van der Waals surface area contributed by atoms with Gasteiger partial charge in [0, 0.05) is 24.4 Å². The fourth-order valence-corrected chi connectivity index (χ4v) is 4.30. The molecule has 2 atom stereocenters. The van der Waals surface area contributed by atoms with Gasteiger partial charge in [-0.05, 0) is 44.6 Å². The lowest BCUT2D eigenvalue weighted by Crippen LogP contribution is -2.43. The van der Waals surface area contributed by atoms with E-state index < -0.39 is 0 Å². The number of hydrogen-bond acceptors (Lipinski definition) is 4. The van der Waals surface area contributed by atoms with E-state index >= 15 is 0 Å². The maximum atomic E-state index is 12.4. The Morgan fingerprint density at radius 3 is 2.50 bits per heavy atom. The van der Waals surface area contributed by atoms with Crippen LogP contribution < -0.4 is 10.6 Å². The summed E-state index contributed by atoms with van der Waals surface area (Å²) in [5, 5.41) is 7.45. The quantitative estimate of drug-likeness (QED) is 0.453. The summed E-state index contributed by atoms with van der Waals surface area (Å²) in [4.78, 5) is 30.6. The number of nitrogens with zero attached hydrogens (tertiary/aromatic N) is 2. The summed E-state index contributed by atoms with van der Waals surface area (Å²) in [6, 6.07) is 7.40. The van der Waals surface area contributed by atoms with Crippen molar-refractivity contribution in [2.75, 3.05) is 25.9 Å². The number of amides is 2. The predicted octanol–water partition coefficient (Wildman–Crippen LogP) is 2.12. The van der Waals surface area contributed by atoms with Gasteiger partial charge >= 0.3 is 0 Å². The lowest BCUT2D eigenvalue weighted by molar-refractivity contribution is 0.0659. The molecule has 1 heterocycles. The van der Waals surface area contributed by atoms with Gasteiger partial charge < -0.3 is 10.6 Å². The molecule has 2 aliphatic rings. The third kappa shape index (κ3) is 4.03. The second-order valence-corrected chi connectivity index (χ2v) is 7.72. The van der Waals surface area contributed by atoms with E-state index in [1.54, 1.807) is 24.3 Å². The number of carbonyl (C=O) groups excluding carboxylic acids is 2. The van der Waals surface area contributed by atoms with E-state index in [-0.39, 0.29) is 11.8 Å². The van der Waals surface area contributed by atoms with Crippen LogP contribution in [0, 0.1) is 0 Å². The first-order valence-electron chi connectivity index (χ1n) is 9.17. The van der Waals surface area contributed by atoms with Crippen LogP contribution in [0.15, 0.2) is 29.3 Å². The number of carbonyl (C=O) groups is 2. The summed E-state index contributed by atoms with van der Waals surface area (Å²) in [6.07, 6.45) is 5.68. The number of aliphatic imine (C=N–C) groups is 1. The highest BCUT2D eigenvalue weighted by atomic mass is 32.2. The first-order valence-corrected chi connectivity index (χ1v) is 10.5. The average Bonchev–Trinajstić information content (AvgIpc) is 3.20. The molecule has 1 fully saturated rings. The molecule has 0 spiro atoms. The summed E-state index contributed by atoms with van der Waals surface area (Å²) in [6.45, 7) is 3.48. The minimum atomic E-state index is -0.225. The molecular weight excluding hydrogens is 348 g/mol. The first-order chi connectivity index (χ1) is 12.6. The van der Waals surface area contributed by atoms with Gasteiger partial charge in [-0.1, -0.05) is 12.1 Å². The van der Waals surface area contributed by atoms with Crippen LogP contribution in [0.1, 0.15) is 46.9 Å². The lowest BCUT2D eigenvalue weighted by atomic mass is 10.1. The van der Waals surface area contributed by atoms with Crippen molar-refractivity contribution in [3.63, 3.8) is 0 Å². The third-order valence-corrected chi connectivity index (χ3v) is 5.97. The van der Waals surface area contributed by atoms with Crippen molar-refractivity contribution in [3.05, 3.63) is 35.4 Å². The molecule has 0 aromatic heterocycles. The van der Waals surface area contributed by atoms with Gasteiger partial charge in [0.05, 0.1) is 17.7 Å². The zero-order chi connectivity index (χ0) is 18.5. The molecule has 2 unspecified atom stereocenters. The largest absolute Gasteiger partial charge is 0.357 e. The Labute approximate surface area is 158 Å². The standard InChI is InChI=1S/C19H26N4O2S/c1-3-20-19(22-13-8-9-14(12-13)26-2)21-10-11-23-17(24)15-6-4-5-7-16(15)18(23)25/h4-7,13-14H,3,8-12H2,1-2H3,(H2,20,21,22). The summed E-state index contributed by atoms with van der Waals surface area (Å²) in [5.74, 6) is 0.311. The highest BCUT2D eigenvalue weighted by Crippen LogP contribution is 2.28. The van der Waals surface area contributed by atoms with Crippen molar-refractivity contribution in [2.24, 2.45) is 4.99 Å². The summed E-state index contributed by atoms with van der Waals surface area (Å²) >= 11 is 1.92. The van der Waals surface area contributed by atoms with Crippen molar-refractivity contribution in [1.82, 2.24) is 15.5 Å².